The zero-order valence-corrected chi connectivity index (χ0v) is 10.3. The molecule has 6 heteroatoms. The molecule has 1 aromatic rings. The van der Waals surface area contributed by atoms with Gasteiger partial charge in [0.15, 0.2) is 0 Å². The number of aromatic carboxylic acids is 1. The van der Waals surface area contributed by atoms with Gasteiger partial charge in [-0.3, -0.25) is 0 Å². The van der Waals surface area contributed by atoms with Gasteiger partial charge in [-0.05, 0) is 25.0 Å². The van der Waals surface area contributed by atoms with Crippen LogP contribution in [0.3, 0.4) is 0 Å². The van der Waals surface area contributed by atoms with Gasteiger partial charge >= 0.3 is 5.97 Å². The highest BCUT2D eigenvalue weighted by Crippen LogP contribution is 2.16. The van der Waals surface area contributed by atoms with Crippen LogP contribution in [0.5, 0.6) is 0 Å². The van der Waals surface area contributed by atoms with Crippen molar-refractivity contribution in [3.8, 4) is 0 Å². The van der Waals surface area contributed by atoms with Crippen LogP contribution in [0.2, 0.25) is 0 Å². The summed E-state index contributed by atoms with van der Waals surface area (Å²) >= 11 is 0. The maximum absolute atomic E-state index is 11.1. The number of carbonyl (C=O) groups is 1. The van der Waals surface area contributed by atoms with Gasteiger partial charge in [0.25, 0.3) is 0 Å². The lowest BCUT2D eigenvalue weighted by molar-refractivity contribution is 0.0696. The smallest absolute Gasteiger partial charge is 0.339 e. The topological polar surface area (TPSA) is 91.7 Å². The Kier molecular flexibility index (Phi) is 6.10. The molecule has 0 aromatic carbocycles. The summed E-state index contributed by atoms with van der Waals surface area (Å²) in [6.45, 7) is 3.16. The number of nitrogens with one attached hydrogen (secondary N) is 1. The van der Waals surface area contributed by atoms with Gasteiger partial charge in [-0.1, -0.05) is 0 Å². The third kappa shape index (κ3) is 4.31. The van der Waals surface area contributed by atoms with Crippen LogP contribution in [0.4, 0.5) is 5.82 Å². The van der Waals surface area contributed by atoms with Crippen LogP contribution in [0.15, 0.2) is 12.3 Å². The molecule has 0 aliphatic carbocycles. The lowest BCUT2D eigenvalue weighted by Gasteiger charge is -2.10. The van der Waals surface area contributed by atoms with Gasteiger partial charge in [-0.15, -0.1) is 0 Å². The Morgan fingerprint density at radius 2 is 2.28 bits per heavy atom. The minimum Gasteiger partial charge on any atom is -0.478 e. The van der Waals surface area contributed by atoms with Crippen LogP contribution in [0, 0.1) is 6.92 Å². The fourth-order valence-electron chi connectivity index (χ4n) is 1.51. The summed E-state index contributed by atoms with van der Waals surface area (Å²) in [5, 5.41) is 20.6. The van der Waals surface area contributed by atoms with E-state index in [0.717, 1.165) is 0 Å². The molecule has 0 radical (unpaired) electrons. The Labute approximate surface area is 106 Å². The molecule has 0 unspecified atom stereocenters. The zero-order chi connectivity index (χ0) is 13.4. The Hall–Kier alpha value is -1.66. The predicted octanol–water partition coefficient (Wildman–Crippen LogP) is 0.899. The molecule has 1 aromatic heterocycles. The van der Waals surface area contributed by atoms with E-state index in [1.165, 1.54) is 0 Å². The molecule has 18 heavy (non-hydrogen) atoms. The van der Waals surface area contributed by atoms with Crippen LogP contribution < -0.4 is 5.32 Å². The van der Waals surface area contributed by atoms with Gasteiger partial charge in [0.05, 0.1) is 13.2 Å². The van der Waals surface area contributed by atoms with Crippen LogP contribution in [0.25, 0.3) is 0 Å². The summed E-state index contributed by atoms with van der Waals surface area (Å²) in [4.78, 5) is 15.1. The van der Waals surface area contributed by atoms with Crippen molar-refractivity contribution in [3.05, 3.63) is 23.4 Å². The number of carboxylic acid groups (broad SMARTS) is 1. The van der Waals surface area contributed by atoms with E-state index in [0.29, 0.717) is 37.6 Å². The van der Waals surface area contributed by atoms with Crippen LogP contribution in [-0.2, 0) is 4.74 Å². The van der Waals surface area contributed by atoms with Crippen LogP contribution >= 0.6 is 0 Å². The molecule has 6 nitrogen and oxygen atoms in total. The molecule has 0 fully saturated rings. The number of hydrogen-bond acceptors (Lipinski definition) is 5. The SMILES string of the molecule is Cc1ccnc(NCCCOCCO)c1C(=O)O. The van der Waals surface area contributed by atoms with Crippen molar-refractivity contribution in [2.75, 3.05) is 31.7 Å². The van der Waals surface area contributed by atoms with Crippen LogP contribution in [0.1, 0.15) is 22.3 Å². The van der Waals surface area contributed by atoms with Crippen molar-refractivity contribution in [3.63, 3.8) is 0 Å². The van der Waals surface area contributed by atoms with Crippen LogP contribution in [-0.4, -0.2) is 47.5 Å². The molecule has 1 heterocycles. The average Bonchev–Trinajstić information content (AvgIpc) is 2.33. The van der Waals surface area contributed by atoms with Crippen molar-refractivity contribution >= 4 is 11.8 Å². The van der Waals surface area contributed by atoms with Gasteiger partial charge in [-0.25, -0.2) is 9.78 Å². The van der Waals surface area contributed by atoms with E-state index in [2.05, 4.69) is 10.3 Å². The molecule has 0 saturated heterocycles. The third-order valence-corrected chi connectivity index (χ3v) is 2.37. The Morgan fingerprint density at radius 1 is 1.50 bits per heavy atom. The molecule has 1 rings (SSSR count). The normalized spacial score (nSPS) is 10.3. The number of pyridine rings is 1. The van der Waals surface area contributed by atoms with Crippen molar-refractivity contribution in [1.82, 2.24) is 4.98 Å². The van der Waals surface area contributed by atoms with E-state index < -0.39 is 5.97 Å². The third-order valence-electron chi connectivity index (χ3n) is 2.37. The number of aromatic nitrogens is 1. The first-order chi connectivity index (χ1) is 8.66. The number of nitrogens with zero attached hydrogens (tertiary/aromatic N) is 1. The lowest BCUT2D eigenvalue weighted by Crippen LogP contribution is -2.12. The monoisotopic (exact) mass is 254 g/mol. The quantitative estimate of drug-likeness (QED) is 0.597. The first-order valence-electron chi connectivity index (χ1n) is 5.78. The maximum atomic E-state index is 11.1. The number of aliphatic hydroxyl groups excluding tert-OH is 1. The summed E-state index contributed by atoms with van der Waals surface area (Å²) < 4.78 is 5.10. The molecule has 0 saturated carbocycles. The molecular weight excluding hydrogens is 236 g/mol. The summed E-state index contributed by atoms with van der Waals surface area (Å²) in [7, 11) is 0. The molecule has 0 aliphatic rings. The molecule has 3 N–H and O–H groups in total. The second-order valence-electron chi connectivity index (χ2n) is 3.77. The molecule has 0 amide bonds. The van der Waals surface area contributed by atoms with Gasteiger partial charge in [0.1, 0.15) is 11.4 Å². The van der Waals surface area contributed by atoms with Gasteiger partial charge in [-0.2, -0.15) is 0 Å². The largest absolute Gasteiger partial charge is 0.478 e. The van der Waals surface area contributed by atoms with E-state index >= 15 is 0 Å². The number of carboxylic acids is 1. The van der Waals surface area contributed by atoms with E-state index in [9.17, 15) is 4.79 Å². The summed E-state index contributed by atoms with van der Waals surface area (Å²) in [6, 6.07) is 1.67. The Bertz CT molecular complexity index is 396. The number of rotatable bonds is 8. The summed E-state index contributed by atoms with van der Waals surface area (Å²) in [5.74, 6) is -0.607. The van der Waals surface area contributed by atoms with Crippen molar-refractivity contribution in [2.45, 2.75) is 13.3 Å². The number of ether oxygens (including phenoxy) is 1. The predicted molar refractivity (Wildman–Crippen MR) is 66.9 cm³/mol. The number of hydrogen-bond donors (Lipinski definition) is 3. The van der Waals surface area contributed by atoms with Gasteiger partial charge in [0.2, 0.25) is 0 Å². The molecular formula is C12H18N2O4. The molecule has 0 aliphatic heterocycles. The molecule has 0 bridgehead atoms. The molecule has 100 valence electrons. The fraction of sp³-hybridized carbons (Fsp3) is 0.500. The highest BCUT2D eigenvalue weighted by atomic mass is 16.5. The van der Waals surface area contributed by atoms with Gasteiger partial charge in [0, 0.05) is 19.3 Å². The average molecular weight is 254 g/mol. The molecule has 0 atom stereocenters. The van der Waals surface area contributed by atoms with Gasteiger partial charge < -0.3 is 20.3 Å². The van der Waals surface area contributed by atoms with E-state index in [-0.39, 0.29) is 12.2 Å². The van der Waals surface area contributed by atoms with Crippen molar-refractivity contribution in [2.24, 2.45) is 0 Å². The second-order valence-corrected chi connectivity index (χ2v) is 3.77. The standard InChI is InChI=1S/C12H18N2O4/c1-9-3-5-14-11(10(9)12(16)17)13-4-2-7-18-8-6-15/h3,5,15H,2,4,6-8H2,1H3,(H,13,14)(H,16,17). The first kappa shape index (κ1) is 14.4. The highest BCUT2D eigenvalue weighted by molar-refractivity contribution is 5.94. The number of aliphatic hydroxyl groups is 1. The van der Waals surface area contributed by atoms with Crippen molar-refractivity contribution < 1.29 is 19.7 Å². The maximum Gasteiger partial charge on any atom is 0.339 e. The van der Waals surface area contributed by atoms with E-state index in [4.69, 9.17) is 14.9 Å². The highest BCUT2D eigenvalue weighted by Gasteiger charge is 2.13. The fourth-order valence-corrected chi connectivity index (χ4v) is 1.51. The zero-order valence-electron chi connectivity index (χ0n) is 10.3. The minimum absolute atomic E-state index is 0.00995. The van der Waals surface area contributed by atoms with Crippen molar-refractivity contribution in [1.29, 1.82) is 0 Å². The first-order valence-corrected chi connectivity index (χ1v) is 5.78. The lowest BCUT2D eigenvalue weighted by atomic mass is 10.1. The second kappa shape index (κ2) is 7.62. The molecule has 0 spiro atoms. The summed E-state index contributed by atoms with van der Waals surface area (Å²) in [5.41, 5.74) is 0.880. The minimum atomic E-state index is -0.986. The Balaban J connectivity index is 2.47. The van der Waals surface area contributed by atoms with E-state index in [1.54, 1.807) is 19.2 Å². The van der Waals surface area contributed by atoms with E-state index in [1.807, 2.05) is 0 Å². The summed E-state index contributed by atoms with van der Waals surface area (Å²) in [6.07, 6.45) is 2.29. The Morgan fingerprint density at radius 3 is 2.94 bits per heavy atom. The number of aryl methyl sites for hydroxylation is 1. The number of anilines is 1.